The van der Waals surface area contributed by atoms with Crippen molar-refractivity contribution in [2.75, 3.05) is 0 Å². The van der Waals surface area contributed by atoms with Crippen LogP contribution in [0.2, 0.25) is 5.02 Å². The molecule has 0 aliphatic heterocycles. The molecule has 0 saturated heterocycles. The van der Waals surface area contributed by atoms with Crippen molar-refractivity contribution >= 4 is 23.8 Å². The molecule has 1 aromatic heterocycles. The number of aromatic amines is 1. The van der Waals surface area contributed by atoms with E-state index >= 15 is 0 Å². The molecule has 0 saturated carbocycles. The van der Waals surface area contributed by atoms with E-state index in [1.807, 2.05) is 6.92 Å². The topological polar surface area (TPSA) is 33.6 Å². The number of aromatic nitrogens is 3. The van der Waals surface area contributed by atoms with Gasteiger partial charge in [-0.2, -0.15) is 5.10 Å². The molecule has 2 rings (SSSR count). The van der Waals surface area contributed by atoms with Gasteiger partial charge in [0.05, 0.1) is 5.56 Å². The molecule has 0 unspecified atom stereocenters. The highest BCUT2D eigenvalue weighted by atomic mass is 35.5. The first-order valence-corrected chi connectivity index (χ1v) is 5.52. The van der Waals surface area contributed by atoms with Gasteiger partial charge in [0.25, 0.3) is 0 Å². The molecule has 2 aromatic rings. The Kier molecular flexibility index (Phi) is 3.07. The van der Waals surface area contributed by atoms with Crippen molar-refractivity contribution in [3.8, 4) is 11.4 Å². The predicted molar refractivity (Wildman–Crippen MR) is 63.5 cm³/mol. The fourth-order valence-corrected chi connectivity index (χ4v) is 1.92. The number of rotatable bonds is 2. The van der Waals surface area contributed by atoms with Gasteiger partial charge in [0.2, 0.25) is 0 Å². The van der Waals surface area contributed by atoms with E-state index in [1.165, 1.54) is 18.2 Å². The van der Waals surface area contributed by atoms with Crippen LogP contribution in [0.4, 0.5) is 4.39 Å². The molecule has 3 nitrogen and oxygen atoms in total. The Balaban J connectivity index is 2.67. The summed E-state index contributed by atoms with van der Waals surface area (Å²) >= 11 is 10.9. The second-order valence-electron chi connectivity index (χ2n) is 3.22. The molecule has 6 heteroatoms. The number of H-pyrrole nitrogens is 1. The average Bonchev–Trinajstić information content (AvgIpc) is 2.63. The van der Waals surface area contributed by atoms with Gasteiger partial charge in [0, 0.05) is 11.6 Å². The molecule has 1 heterocycles. The molecule has 0 aliphatic rings. The maximum Gasteiger partial charge on any atom is 0.195 e. The fraction of sp³-hybridized carbons (Fsp3) is 0.200. The smallest absolute Gasteiger partial charge is 0.195 e. The number of halogens is 2. The maximum absolute atomic E-state index is 13.6. The van der Waals surface area contributed by atoms with Crippen LogP contribution in [-0.4, -0.2) is 14.8 Å². The SMILES string of the molecule is CCn1c(-c2cc(Cl)ccc2F)n[nH]c1=S. The van der Waals surface area contributed by atoms with Crippen LogP contribution in [0.5, 0.6) is 0 Å². The first-order chi connectivity index (χ1) is 7.63. The molecule has 1 N–H and O–H groups in total. The van der Waals surface area contributed by atoms with Gasteiger partial charge in [-0.15, -0.1) is 0 Å². The quantitative estimate of drug-likeness (QED) is 0.837. The van der Waals surface area contributed by atoms with Crippen molar-refractivity contribution in [3.05, 3.63) is 33.8 Å². The maximum atomic E-state index is 13.6. The molecule has 16 heavy (non-hydrogen) atoms. The monoisotopic (exact) mass is 257 g/mol. The Labute approximate surface area is 102 Å². The highest BCUT2D eigenvalue weighted by Crippen LogP contribution is 2.24. The third-order valence-electron chi connectivity index (χ3n) is 2.24. The molecule has 0 amide bonds. The summed E-state index contributed by atoms with van der Waals surface area (Å²) in [4.78, 5) is 0. The van der Waals surface area contributed by atoms with Crippen molar-refractivity contribution < 1.29 is 4.39 Å². The zero-order valence-corrected chi connectivity index (χ0v) is 10.1. The summed E-state index contributed by atoms with van der Waals surface area (Å²) in [6.07, 6.45) is 0. The van der Waals surface area contributed by atoms with E-state index < -0.39 is 0 Å². The lowest BCUT2D eigenvalue weighted by Crippen LogP contribution is -1.99. The Hall–Kier alpha value is -1.20. The minimum absolute atomic E-state index is 0.349. The lowest BCUT2D eigenvalue weighted by Gasteiger charge is -2.04. The summed E-state index contributed by atoms with van der Waals surface area (Å²) in [7, 11) is 0. The second-order valence-corrected chi connectivity index (χ2v) is 4.04. The summed E-state index contributed by atoms with van der Waals surface area (Å²) in [5.74, 6) is 0.0978. The summed E-state index contributed by atoms with van der Waals surface area (Å²) in [6.45, 7) is 2.54. The van der Waals surface area contributed by atoms with E-state index in [0.717, 1.165) is 0 Å². The van der Waals surface area contributed by atoms with E-state index in [9.17, 15) is 4.39 Å². The summed E-state index contributed by atoms with van der Waals surface area (Å²) < 4.78 is 15.8. The molecule has 0 bridgehead atoms. The summed E-state index contributed by atoms with van der Waals surface area (Å²) in [5, 5.41) is 7.11. The zero-order valence-electron chi connectivity index (χ0n) is 8.50. The first-order valence-electron chi connectivity index (χ1n) is 4.74. The fourth-order valence-electron chi connectivity index (χ4n) is 1.49. The minimum atomic E-state index is -0.367. The predicted octanol–water partition coefficient (Wildman–Crippen LogP) is 3.42. The van der Waals surface area contributed by atoms with Crippen LogP contribution in [0.1, 0.15) is 6.92 Å². The van der Waals surface area contributed by atoms with E-state index in [-0.39, 0.29) is 5.82 Å². The van der Waals surface area contributed by atoms with Gasteiger partial charge in [0.1, 0.15) is 5.82 Å². The number of nitrogens with one attached hydrogen (secondary N) is 1. The van der Waals surface area contributed by atoms with Crippen LogP contribution < -0.4 is 0 Å². The highest BCUT2D eigenvalue weighted by molar-refractivity contribution is 7.71. The Morgan fingerprint density at radius 2 is 2.31 bits per heavy atom. The highest BCUT2D eigenvalue weighted by Gasteiger charge is 2.12. The number of nitrogens with zero attached hydrogens (tertiary/aromatic N) is 2. The van der Waals surface area contributed by atoms with Gasteiger partial charge in [-0.25, -0.2) is 4.39 Å². The van der Waals surface area contributed by atoms with Gasteiger partial charge in [-0.05, 0) is 37.3 Å². The van der Waals surface area contributed by atoms with Gasteiger partial charge in [-0.3, -0.25) is 5.10 Å². The van der Waals surface area contributed by atoms with Crippen molar-refractivity contribution in [1.82, 2.24) is 14.8 Å². The normalized spacial score (nSPS) is 10.7. The van der Waals surface area contributed by atoms with E-state index in [2.05, 4.69) is 10.2 Å². The van der Waals surface area contributed by atoms with Crippen molar-refractivity contribution in [1.29, 1.82) is 0 Å². The molecule has 0 fully saturated rings. The number of hydrogen-bond acceptors (Lipinski definition) is 2. The summed E-state index contributed by atoms with van der Waals surface area (Å²) in [5.41, 5.74) is 0.349. The van der Waals surface area contributed by atoms with E-state index in [1.54, 1.807) is 4.57 Å². The minimum Gasteiger partial charge on any atom is -0.300 e. The Bertz CT molecular complexity index is 576. The molecular weight excluding hydrogens is 249 g/mol. The van der Waals surface area contributed by atoms with E-state index in [4.69, 9.17) is 23.8 Å². The van der Waals surface area contributed by atoms with Crippen LogP contribution in [0.25, 0.3) is 11.4 Å². The molecule has 0 radical (unpaired) electrons. The number of benzene rings is 1. The molecule has 0 atom stereocenters. The largest absolute Gasteiger partial charge is 0.300 e. The van der Waals surface area contributed by atoms with E-state index in [0.29, 0.717) is 27.7 Å². The number of hydrogen-bond donors (Lipinski definition) is 1. The molecule has 1 aromatic carbocycles. The lowest BCUT2D eigenvalue weighted by atomic mass is 10.2. The van der Waals surface area contributed by atoms with Crippen molar-refractivity contribution in [2.24, 2.45) is 0 Å². The standard InChI is InChI=1S/C10H9ClFN3S/c1-2-15-9(13-14-10(15)16)7-5-6(11)3-4-8(7)12/h3-5H,2H2,1H3,(H,14,16). The van der Waals surface area contributed by atoms with Crippen molar-refractivity contribution in [2.45, 2.75) is 13.5 Å². The van der Waals surface area contributed by atoms with Crippen LogP contribution in [0, 0.1) is 10.6 Å². The second kappa shape index (κ2) is 4.35. The van der Waals surface area contributed by atoms with Crippen LogP contribution >= 0.6 is 23.8 Å². The molecule has 0 aliphatic carbocycles. The Morgan fingerprint density at radius 3 is 3.00 bits per heavy atom. The molecule has 0 spiro atoms. The molecule has 84 valence electrons. The Morgan fingerprint density at radius 1 is 1.56 bits per heavy atom. The average molecular weight is 258 g/mol. The van der Waals surface area contributed by atoms with Gasteiger partial charge < -0.3 is 4.57 Å². The van der Waals surface area contributed by atoms with Crippen LogP contribution in [0.3, 0.4) is 0 Å². The van der Waals surface area contributed by atoms with Crippen LogP contribution in [0.15, 0.2) is 18.2 Å². The third kappa shape index (κ3) is 1.88. The summed E-state index contributed by atoms with van der Waals surface area (Å²) in [6, 6.07) is 4.35. The lowest BCUT2D eigenvalue weighted by molar-refractivity contribution is 0.627. The molecular formula is C10H9ClFN3S. The first kappa shape index (κ1) is 11.3. The van der Waals surface area contributed by atoms with Gasteiger partial charge in [-0.1, -0.05) is 11.6 Å². The van der Waals surface area contributed by atoms with Gasteiger partial charge >= 0.3 is 0 Å². The zero-order chi connectivity index (χ0) is 11.7. The van der Waals surface area contributed by atoms with Crippen LogP contribution in [-0.2, 0) is 6.54 Å². The van der Waals surface area contributed by atoms with Gasteiger partial charge in [0.15, 0.2) is 10.6 Å². The third-order valence-corrected chi connectivity index (χ3v) is 2.79. The van der Waals surface area contributed by atoms with Crippen molar-refractivity contribution in [3.63, 3.8) is 0 Å².